The molecular formula is C17H34N3O4P. The number of rotatable bonds is 15. The van der Waals surface area contributed by atoms with Crippen molar-refractivity contribution in [1.29, 1.82) is 0 Å². The molecule has 0 bridgehead atoms. The van der Waals surface area contributed by atoms with Crippen LogP contribution < -0.4 is 10.6 Å². The van der Waals surface area contributed by atoms with Crippen molar-refractivity contribution < 1.29 is 21.4 Å². The van der Waals surface area contributed by atoms with Gasteiger partial charge >= 0.3 is 0 Å². The molecule has 0 aromatic rings. The molecule has 0 rings (SSSR count). The summed E-state index contributed by atoms with van der Waals surface area (Å²) in [6.45, 7) is 5.49. The minimum Gasteiger partial charge on any atom is -0.437 e. The van der Waals surface area contributed by atoms with Crippen LogP contribution in [0.2, 0.25) is 0 Å². The first kappa shape index (κ1) is 20.1. The highest BCUT2D eigenvalue weighted by Crippen LogP contribution is 2.33. The van der Waals surface area contributed by atoms with Crippen LogP contribution in [0.5, 0.6) is 0 Å². The van der Waals surface area contributed by atoms with E-state index in [1.54, 1.807) is 6.66 Å². The number of hydrogen-bond acceptors (Lipinski definition) is 5. The Labute approximate surface area is 156 Å². The SMILES string of the molecule is [2H]CCCCC(=O)NCC(CNC(=O)CCCC[2H])OP(C)O/C=N/CC. The topological polar surface area (TPSA) is 89.0 Å². The Morgan fingerprint density at radius 1 is 1.16 bits per heavy atom. The molecule has 8 heteroatoms. The van der Waals surface area contributed by atoms with Gasteiger partial charge in [0.25, 0.3) is 0 Å². The number of carbonyl (C=O) groups is 2. The molecule has 0 fully saturated rings. The lowest BCUT2D eigenvalue weighted by Crippen LogP contribution is -2.40. The average molecular weight is 377 g/mol. The second-order valence-electron chi connectivity index (χ2n) is 5.40. The molecule has 2 N–H and O–H groups in total. The lowest BCUT2D eigenvalue weighted by Gasteiger charge is -2.21. The maximum Gasteiger partial charge on any atom is 0.228 e. The van der Waals surface area contributed by atoms with Gasteiger partial charge in [0.1, 0.15) is 0 Å². The largest absolute Gasteiger partial charge is 0.437 e. The van der Waals surface area contributed by atoms with Gasteiger partial charge in [0.2, 0.25) is 20.2 Å². The molecule has 25 heavy (non-hydrogen) atoms. The third kappa shape index (κ3) is 14.8. The predicted octanol–water partition coefficient (Wildman–Crippen LogP) is 2.99. The monoisotopic (exact) mass is 377 g/mol. The van der Waals surface area contributed by atoms with E-state index >= 15 is 0 Å². The minimum atomic E-state index is -1.22. The third-order valence-corrected chi connectivity index (χ3v) is 4.10. The molecule has 0 aliphatic rings. The fourth-order valence-electron chi connectivity index (χ4n) is 1.76. The zero-order valence-electron chi connectivity index (χ0n) is 17.5. The summed E-state index contributed by atoms with van der Waals surface area (Å²) < 4.78 is 25.4. The fraction of sp³-hybridized carbons (Fsp3) is 0.824. The lowest BCUT2D eigenvalue weighted by atomic mass is 10.2. The van der Waals surface area contributed by atoms with Crippen molar-refractivity contribution in [2.24, 2.45) is 4.99 Å². The van der Waals surface area contributed by atoms with E-state index in [0.717, 1.165) is 0 Å². The zero-order chi connectivity index (χ0) is 20.3. The van der Waals surface area contributed by atoms with E-state index in [9.17, 15) is 9.59 Å². The molecule has 0 aromatic carbocycles. The Morgan fingerprint density at radius 2 is 1.72 bits per heavy atom. The Hall–Kier alpha value is -1.20. The molecule has 2 amide bonds. The van der Waals surface area contributed by atoms with E-state index in [0.29, 0.717) is 58.9 Å². The Balaban J connectivity index is 4.40. The van der Waals surface area contributed by atoms with Gasteiger partial charge < -0.3 is 19.7 Å². The minimum absolute atomic E-state index is 0.0901. The summed E-state index contributed by atoms with van der Waals surface area (Å²) in [5, 5.41) is 5.62. The molecule has 1 unspecified atom stereocenters. The van der Waals surface area contributed by atoms with Crippen LogP contribution in [0.3, 0.4) is 0 Å². The molecule has 0 aliphatic heterocycles. The van der Waals surface area contributed by atoms with Crippen LogP contribution in [0.25, 0.3) is 0 Å². The quantitative estimate of drug-likeness (QED) is 0.199. The number of nitrogens with zero attached hydrogens (tertiary/aromatic N) is 1. The van der Waals surface area contributed by atoms with E-state index in [1.165, 1.54) is 6.40 Å². The summed E-state index contributed by atoms with van der Waals surface area (Å²) in [5.74, 6) is -0.180. The fourth-order valence-corrected chi connectivity index (χ4v) is 2.58. The van der Waals surface area contributed by atoms with Crippen LogP contribution in [0.4, 0.5) is 0 Å². The summed E-state index contributed by atoms with van der Waals surface area (Å²) in [7, 11) is -1.22. The molecule has 0 aliphatic carbocycles. The summed E-state index contributed by atoms with van der Waals surface area (Å²) in [6, 6.07) is 0. The molecule has 7 nitrogen and oxygen atoms in total. The van der Waals surface area contributed by atoms with Crippen molar-refractivity contribution >= 4 is 26.6 Å². The van der Waals surface area contributed by atoms with E-state index < -0.39 is 14.5 Å². The van der Waals surface area contributed by atoms with Gasteiger partial charge in [-0.25, -0.2) is 0 Å². The highest BCUT2D eigenvalue weighted by Gasteiger charge is 2.17. The normalized spacial score (nSPS) is 13.4. The van der Waals surface area contributed by atoms with Gasteiger partial charge in [0, 0.05) is 41.9 Å². The zero-order valence-corrected chi connectivity index (χ0v) is 16.4. The molecule has 0 aromatic heterocycles. The lowest BCUT2D eigenvalue weighted by molar-refractivity contribution is -0.121. The molecule has 0 spiro atoms. The molecule has 0 saturated heterocycles. The van der Waals surface area contributed by atoms with Crippen LogP contribution in [-0.2, 0) is 18.6 Å². The predicted molar refractivity (Wildman–Crippen MR) is 103 cm³/mol. The van der Waals surface area contributed by atoms with E-state index in [1.807, 2.05) is 6.92 Å². The van der Waals surface area contributed by atoms with Crippen molar-refractivity contribution in [3.8, 4) is 0 Å². The molecule has 1 atom stereocenters. The van der Waals surface area contributed by atoms with E-state index in [2.05, 4.69) is 15.6 Å². The van der Waals surface area contributed by atoms with Crippen molar-refractivity contribution in [1.82, 2.24) is 10.6 Å². The average Bonchev–Trinajstić information content (AvgIpc) is 2.64. The van der Waals surface area contributed by atoms with Crippen LogP contribution >= 0.6 is 8.38 Å². The van der Waals surface area contributed by atoms with Crippen LogP contribution in [0.1, 0.15) is 62.0 Å². The standard InChI is InChI=1S/C17H34N3O4P/c1-5-8-10-16(21)19-12-15(13-20-17(22)11-9-6-2)24-25(4)23-14-18-7-3/h14-15H,5-13H2,1-4H3,(H,19,21)(H,20,22)/b18-14+/i1D,2D. The number of unbranched alkanes of at least 4 members (excludes halogenated alkanes) is 2. The van der Waals surface area contributed by atoms with Gasteiger partial charge in [0.05, 0.1) is 6.10 Å². The maximum atomic E-state index is 11.9. The van der Waals surface area contributed by atoms with Gasteiger partial charge in [-0.15, -0.1) is 0 Å². The summed E-state index contributed by atoms with van der Waals surface area (Å²) in [6.07, 6.45) is 4.49. The summed E-state index contributed by atoms with van der Waals surface area (Å²) >= 11 is 0. The van der Waals surface area contributed by atoms with Gasteiger partial charge in [-0.1, -0.05) is 26.6 Å². The number of nitrogens with one attached hydrogen (secondary N) is 2. The Kier molecular flexibility index (Phi) is 13.1. The highest BCUT2D eigenvalue weighted by atomic mass is 31.2. The first-order valence-electron chi connectivity index (χ1n) is 10.1. The third-order valence-electron chi connectivity index (χ3n) is 3.11. The first-order chi connectivity index (χ1) is 13.0. The molecular weight excluding hydrogens is 341 g/mol. The summed E-state index contributed by atoms with van der Waals surface area (Å²) in [5.41, 5.74) is 0. The molecule has 146 valence electrons. The number of aliphatic imine (C=N–C) groups is 1. The van der Waals surface area contributed by atoms with Crippen LogP contribution in [-0.4, -0.2) is 50.6 Å². The Morgan fingerprint density at radius 3 is 2.20 bits per heavy atom. The highest BCUT2D eigenvalue weighted by molar-refractivity contribution is 7.46. The number of amides is 2. The van der Waals surface area contributed by atoms with Crippen molar-refractivity contribution in [3.05, 3.63) is 0 Å². The number of carbonyl (C=O) groups excluding carboxylic acids is 2. The second-order valence-corrected chi connectivity index (χ2v) is 6.70. The smallest absolute Gasteiger partial charge is 0.228 e. The van der Waals surface area contributed by atoms with Gasteiger partial charge in [-0.05, 0) is 19.8 Å². The van der Waals surface area contributed by atoms with E-state index in [4.69, 9.17) is 11.8 Å². The summed E-state index contributed by atoms with van der Waals surface area (Å²) in [4.78, 5) is 27.7. The number of hydrogen-bond donors (Lipinski definition) is 2. The van der Waals surface area contributed by atoms with Gasteiger partial charge in [-0.2, -0.15) is 0 Å². The van der Waals surface area contributed by atoms with Gasteiger partial charge in [-0.3, -0.25) is 14.6 Å². The second kappa shape index (κ2) is 16.3. The maximum absolute atomic E-state index is 11.9. The van der Waals surface area contributed by atoms with E-state index in [-0.39, 0.29) is 24.9 Å². The molecule has 0 heterocycles. The van der Waals surface area contributed by atoms with Crippen LogP contribution in [0.15, 0.2) is 4.99 Å². The first-order valence-corrected chi connectivity index (χ1v) is 10.3. The van der Waals surface area contributed by atoms with Crippen molar-refractivity contribution in [2.45, 2.75) is 65.4 Å². The Bertz CT molecular complexity index is 405. The van der Waals surface area contributed by atoms with Gasteiger partial charge in [0.15, 0.2) is 6.40 Å². The van der Waals surface area contributed by atoms with Crippen molar-refractivity contribution in [2.75, 3.05) is 26.3 Å². The molecule has 0 radical (unpaired) electrons. The van der Waals surface area contributed by atoms with Crippen LogP contribution in [0, 0.1) is 0 Å². The van der Waals surface area contributed by atoms with Crippen molar-refractivity contribution in [3.63, 3.8) is 0 Å². The molecule has 0 saturated carbocycles.